The SMILES string of the molecule is c1ccc(-c2nc(-c3ccccc3)nc(-c3ccc(-n4cc5c6c(cccc64)-c4ccccc4-c4cc6ccccc6cc4-5)cc3)n2)cc1.c1ccc(-c2nc(-c3ccccc3)nc(-c3cccc(-n4cc5c6c(cccc64)-c4ccccc4-c4cc6ccccc6cc4-5)c3)n2)cc1.c1ccc(-c2nc(-c3ccccc3)nc(-n3cc4c5c(cccc53)-c3ccccc3-c3cc5ccccc5cc3-4)n2)cc1. The number of rotatable bonds is 11. The van der Waals surface area contributed by atoms with E-state index in [0.717, 1.165) is 66.9 Å². The normalized spacial score (nSPS) is 11.7. The van der Waals surface area contributed by atoms with Crippen molar-refractivity contribution in [3.63, 3.8) is 0 Å². The molecule has 3 aliphatic rings. The van der Waals surface area contributed by atoms with E-state index >= 15 is 0 Å². The van der Waals surface area contributed by atoms with Crippen LogP contribution in [-0.4, -0.2) is 58.6 Å². The maximum atomic E-state index is 5.06. The molecule has 6 heterocycles. The zero-order valence-corrected chi connectivity index (χ0v) is 76.1. The molecule has 0 saturated carbocycles. The van der Waals surface area contributed by atoms with Crippen LogP contribution in [0.3, 0.4) is 0 Å². The fourth-order valence-corrected chi connectivity index (χ4v) is 21.0. The van der Waals surface area contributed by atoms with Gasteiger partial charge in [-0.15, -0.1) is 0 Å². The lowest BCUT2D eigenvalue weighted by Gasteiger charge is -2.14. The predicted octanol–water partition coefficient (Wildman–Crippen LogP) is 32.2. The van der Waals surface area contributed by atoms with Gasteiger partial charge in [0, 0.05) is 107 Å². The summed E-state index contributed by atoms with van der Waals surface area (Å²) < 4.78 is 6.78. The van der Waals surface area contributed by atoms with Crippen LogP contribution in [-0.2, 0) is 0 Å². The van der Waals surface area contributed by atoms with Crippen molar-refractivity contribution in [3.8, 4) is 209 Å². The van der Waals surface area contributed by atoms with Gasteiger partial charge in [0.15, 0.2) is 46.6 Å². The first-order valence-corrected chi connectivity index (χ1v) is 47.5. The fraction of sp³-hybridized carbons (Fsp3) is 0. The number of fused-ring (bicyclic) bond motifs is 18. The molecule has 29 rings (SSSR count). The summed E-state index contributed by atoms with van der Waals surface area (Å²) in [6.45, 7) is 0. The lowest BCUT2D eigenvalue weighted by atomic mass is 9.91. The van der Waals surface area contributed by atoms with Crippen molar-refractivity contribution in [2.24, 2.45) is 0 Å². The van der Waals surface area contributed by atoms with Gasteiger partial charge in [-0.1, -0.05) is 376 Å². The molecule has 0 bridgehead atoms. The Bertz CT molecular complexity index is 9290. The highest BCUT2D eigenvalue weighted by atomic mass is 15.2. The van der Waals surface area contributed by atoms with Crippen molar-refractivity contribution in [2.45, 2.75) is 0 Å². The number of aromatic nitrogens is 12. The third-order valence-electron chi connectivity index (χ3n) is 27.6. The Hall–Kier alpha value is -19.2. The average molecular weight is 1800 g/mol. The van der Waals surface area contributed by atoms with Crippen molar-refractivity contribution in [3.05, 3.63) is 486 Å². The summed E-state index contributed by atoms with van der Waals surface area (Å²) in [5.74, 6) is 5.78. The first kappa shape index (κ1) is 81.4. The van der Waals surface area contributed by atoms with Crippen LogP contribution in [0, 0.1) is 0 Å². The molecule has 0 amide bonds. The van der Waals surface area contributed by atoms with Gasteiger partial charge in [0.1, 0.15) is 0 Å². The zero-order valence-electron chi connectivity index (χ0n) is 76.1. The predicted molar refractivity (Wildman–Crippen MR) is 576 cm³/mol. The molecule has 0 unspecified atom stereocenters. The lowest BCUT2D eigenvalue weighted by Crippen LogP contribution is -2.05. The largest absolute Gasteiger partial charge is 0.316 e. The van der Waals surface area contributed by atoms with Gasteiger partial charge >= 0.3 is 0 Å². The number of hydrogen-bond acceptors (Lipinski definition) is 9. The molecule has 141 heavy (non-hydrogen) atoms. The summed E-state index contributed by atoms with van der Waals surface area (Å²) in [6.07, 6.45) is 6.84. The lowest BCUT2D eigenvalue weighted by molar-refractivity contribution is 0.934. The smallest absolute Gasteiger partial charge is 0.238 e. The molecule has 656 valence electrons. The van der Waals surface area contributed by atoms with Gasteiger partial charge in [-0.2, -0.15) is 9.97 Å². The van der Waals surface area contributed by atoms with Crippen LogP contribution >= 0.6 is 0 Å². The Morgan fingerprint density at radius 1 is 0.128 bits per heavy atom. The minimum Gasteiger partial charge on any atom is -0.316 e. The van der Waals surface area contributed by atoms with E-state index in [0.29, 0.717) is 52.5 Å². The highest BCUT2D eigenvalue weighted by Gasteiger charge is 2.31. The zero-order chi connectivity index (χ0) is 93.0. The molecule has 0 fully saturated rings. The van der Waals surface area contributed by atoms with Gasteiger partial charge in [0.25, 0.3) is 0 Å². The first-order valence-electron chi connectivity index (χ1n) is 47.5. The number of benzene rings is 20. The van der Waals surface area contributed by atoms with E-state index in [1.54, 1.807) is 0 Å². The molecule has 26 aromatic rings. The van der Waals surface area contributed by atoms with Crippen molar-refractivity contribution < 1.29 is 0 Å². The van der Waals surface area contributed by atoms with E-state index in [1.165, 1.54) is 154 Å². The monoisotopic (exact) mass is 1800 g/mol. The Morgan fingerprint density at radius 3 is 0.645 bits per heavy atom. The van der Waals surface area contributed by atoms with Gasteiger partial charge in [0.05, 0.1) is 16.6 Å². The van der Waals surface area contributed by atoms with E-state index in [1.807, 2.05) is 182 Å². The molecule has 6 aromatic heterocycles. The molecular formula is C129H80N12. The molecule has 0 spiro atoms. The summed E-state index contributed by atoms with van der Waals surface area (Å²) in [5.41, 5.74) is 35.4. The minimum atomic E-state index is 0.595. The summed E-state index contributed by atoms with van der Waals surface area (Å²) >= 11 is 0. The maximum Gasteiger partial charge on any atom is 0.238 e. The molecule has 12 nitrogen and oxygen atoms in total. The van der Waals surface area contributed by atoms with Gasteiger partial charge in [-0.05, 0) is 207 Å². The third kappa shape index (κ3) is 14.3. The summed E-state index contributed by atoms with van der Waals surface area (Å²) in [6, 6.07) is 164. The Balaban J connectivity index is 0.000000106. The number of nitrogens with zero attached hydrogens (tertiary/aromatic N) is 12. The van der Waals surface area contributed by atoms with E-state index in [-0.39, 0.29) is 0 Å². The van der Waals surface area contributed by atoms with Crippen molar-refractivity contribution in [2.75, 3.05) is 0 Å². The molecule has 0 radical (unpaired) electrons. The molecule has 0 atom stereocenters. The van der Waals surface area contributed by atoms with E-state index in [2.05, 4.69) is 317 Å². The van der Waals surface area contributed by atoms with Gasteiger partial charge in [-0.3, -0.25) is 4.57 Å². The van der Waals surface area contributed by atoms with E-state index in [4.69, 9.17) is 44.9 Å². The quantitative estimate of drug-likeness (QED) is 0.124. The van der Waals surface area contributed by atoms with Crippen molar-refractivity contribution >= 4 is 65.0 Å². The summed E-state index contributed by atoms with van der Waals surface area (Å²) in [7, 11) is 0. The van der Waals surface area contributed by atoms with Crippen LogP contribution in [0.5, 0.6) is 0 Å². The van der Waals surface area contributed by atoms with Crippen LogP contribution in [0.2, 0.25) is 0 Å². The minimum absolute atomic E-state index is 0.595. The van der Waals surface area contributed by atoms with E-state index in [9.17, 15) is 0 Å². The highest BCUT2D eigenvalue weighted by molar-refractivity contribution is 6.19. The van der Waals surface area contributed by atoms with Gasteiger partial charge < -0.3 is 9.13 Å². The molecule has 12 heteroatoms. The van der Waals surface area contributed by atoms with Crippen LogP contribution < -0.4 is 0 Å². The third-order valence-corrected chi connectivity index (χ3v) is 27.6. The molecule has 20 aromatic carbocycles. The van der Waals surface area contributed by atoms with E-state index < -0.39 is 0 Å². The second-order valence-corrected chi connectivity index (χ2v) is 35.9. The fourth-order valence-electron chi connectivity index (χ4n) is 21.0. The first-order chi connectivity index (χ1) is 69.9. The van der Waals surface area contributed by atoms with Crippen LogP contribution in [0.25, 0.3) is 274 Å². The van der Waals surface area contributed by atoms with Gasteiger partial charge in [-0.25, -0.2) is 34.9 Å². The Morgan fingerprint density at radius 2 is 0.340 bits per heavy atom. The molecule has 0 saturated heterocycles. The standard InChI is InChI=1S/2C45H28N4.C39H24N4/c1-3-13-29(14-4-1)43-46-44(30-15-5-2-6-16-30)48-45(47-43)33-19-11-20-34(25-33)49-28-40-39-27-32-18-8-7-17-31(32)26-38(39)36-22-10-9-21-35(36)37-23-12-24-41(49)42(37)40;1-3-12-29(13-4-1)43-46-44(30-14-5-2-6-15-30)48-45(47-43)31-22-24-34(25-23-31)49-28-40-39-27-33-17-8-7-16-32(33)26-38(39)36-19-10-9-18-35(36)37-20-11-21-41(49)42(37)40;1-3-12-25(13-4-1)37-40-38(26-14-5-2-6-15-26)42-39(41-37)43-24-34-33-23-28-17-8-7-16-27(28)22-32(33)30-19-10-9-18-29(30)31-20-11-21-35(43)36(31)34/h2*1-28H;1-24H. The van der Waals surface area contributed by atoms with Crippen LogP contribution in [0.1, 0.15) is 0 Å². The Labute approximate surface area is 812 Å². The second kappa shape index (κ2) is 34.0. The summed E-state index contributed by atoms with van der Waals surface area (Å²) in [5, 5.41) is 11.1. The second-order valence-electron chi connectivity index (χ2n) is 35.9. The van der Waals surface area contributed by atoms with Crippen LogP contribution in [0.4, 0.5) is 0 Å². The molecule has 0 N–H and O–H groups in total. The highest BCUT2D eigenvalue weighted by Crippen LogP contribution is 2.55. The molecule has 0 aliphatic heterocycles. The van der Waals surface area contributed by atoms with Crippen molar-refractivity contribution in [1.29, 1.82) is 0 Å². The summed E-state index contributed by atoms with van der Waals surface area (Å²) in [4.78, 5) is 44.7. The topological polar surface area (TPSA) is 131 Å². The van der Waals surface area contributed by atoms with Gasteiger partial charge in [0.2, 0.25) is 5.95 Å². The molecule has 3 aliphatic carbocycles. The van der Waals surface area contributed by atoms with Crippen LogP contribution in [0.15, 0.2) is 486 Å². The van der Waals surface area contributed by atoms with Crippen molar-refractivity contribution in [1.82, 2.24) is 58.6 Å². The Kier molecular flexibility index (Phi) is 19.6. The number of hydrogen-bond donors (Lipinski definition) is 0. The maximum absolute atomic E-state index is 5.06. The molecular weight excluding hydrogens is 1720 g/mol. The average Bonchev–Trinajstić information content (AvgIpc) is 1.57.